The third-order valence-corrected chi connectivity index (χ3v) is 4.03. The number of aromatic nitrogens is 1. The lowest BCUT2D eigenvalue weighted by molar-refractivity contribution is -0.121. The second-order valence-electron chi connectivity index (χ2n) is 8.25. The van der Waals surface area contributed by atoms with Crippen molar-refractivity contribution in [2.24, 2.45) is 16.1 Å². The number of Topliss-reactive ketones (excluding diaryl/α,β-unsaturated/α-hetero) is 1. The van der Waals surface area contributed by atoms with Gasteiger partial charge >= 0.3 is 6.09 Å². The predicted octanol–water partition coefficient (Wildman–Crippen LogP) is 4.74. The van der Waals surface area contributed by atoms with Crippen molar-refractivity contribution in [3.8, 4) is 0 Å². The van der Waals surface area contributed by atoms with Gasteiger partial charge in [-0.05, 0) is 51.0 Å². The summed E-state index contributed by atoms with van der Waals surface area (Å²) in [6.07, 6.45) is -0.599. The molecule has 0 aliphatic rings. The van der Waals surface area contributed by atoms with E-state index in [1.165, 1.54) is 0 Å². The Hall–Kier alpha value is -3.29. The number of pyridine rings is 1. The van der Waals surface area contributed by atoms with Crippen LogP contribution in [0.1, 0.15) is 40.3 Å². The molecule has 1 aromatic carbocycles. The maximum atomic E-state index is 12.8. The molecular weight excluding hydrogens is 382 g/mol. The van der Waals surface area contributed by atoms with E-state index in [1.807, 2.05) is 44.2 Å². The molecule has 0 saturated carbocycles. The number of carbonyl (C=O) groups excluding carboxylic acids is 2. The maximum Gasteiger partial charge on any atom is 0.408 e. The molecule has 0 aliphatic heterocycles. The van der Waals surface area contributed by atoms with Gasteiger partial charge in [0.1, 0.15) is 11.3 Å². The predicted molar refractivity (Wildman–Crippen MR) is 116 cm³/mol. The molecule has 30 heavy (non-hydrogen) atoms. The summed E-state index contributed by atoms with van der Waals surface area (Å²) in [5.74, 6) is -0.107. The molecule has 0 saturated heterocycles. The molecule has 1 atom stereocenters. The largest absolute Gasteiger partial charge is 0.444 e. The Balaban J connectivity index is 2.06. The number of nitrogen functional groups attached to an aromatic ring is 1. The molecule has 8 heteroatoms. The molecule has 2 rings (SSSR count). The van der Waals surface area contributed by atoms with E-state index in [0.717, 1.165) is 0 Å². The number of rotatable bonds is 7. The minimum Gasteiger partial charge on any atom is -0.444 e. The van der Waals surface area contributed by atoms with Gasteiger partial charge in [0.25, 0.3) is 0 Å². The lowest BCUT2D eigenvalue weighted by atomic mass is 9.97. The summed E-state index contributed by atoms with van der Waals surface area (Å²) in [4.78, 5) is 29.1. The van der Waals surface area contributed by atoms with E-state index in [4.69, 9.17) is 10.5 Å². The van der Waals surface area contributed by atoms with E-state index in [0.29, 0.717) is 17.1 Å². The molecule has 3 N–H and O–H groups in total. The molecule has 0 fully saturated rings. The van der Waals surface area contributed by atoms with Gasteiger partial charge in [0.05, 0.1) is 23.8 Å². The number of alkyl carbamates (subject to hydrolysis) is 1. The summed E-state index contributed by atoms with van der Waals surface area (Å²) in [7, 11) is 0. The summed E-state index contributed by atoms with van der Waals surface area (Å²) in [6.45, 7) is 9.01. The zero-order valence-electron chi connectivity index (χ0n) is 18.0. The standard InChI is InChI=1S/C22H29N5O3/c1-14(2)19(25-21(29)30-22(3,4)5)18(28)13-16-11-12-17(20(23)24-16)27-26-15-9-7-6-8-10-15/h6-12,14,19H,13H2,1-5H3,(H2,23,24)(H,25,29)/t19-/m0/s1. The summed E-state index contributed by atoms with van der Waals surface area (Å²) >= 11 is 0. The lowest BCUT2D eigenvalue weighted by Crippen LogP contribution is -2.47. The number of hydrogen-bond acceptors (Lipinski definition) is 7. The molecule has 0 radical (unpaired) electrons. The fourth-order valence-corrected chi connectivity index (χ4v) is 2.64. The fraction of sp³-hybridized carbons (Fsp3) is 0.409. The van der Waals surface area contributed by atoms with Crippen LogP contribution in [-0.4, -0.2) is 28.5 Å². The maximum absolute atomic E-state index is 12.8. The number of benzene rings is 1. The first kappa shape index (κ1) is 23.0. The number of anilines is 1. The molecule has 8 nitrogen and oxygen atoms in total. The van der Waals surface area contributed by atoms with Crippen molar-refractivity contribution in [1.29, 1.82) is 0 Å². The minimum absolute atomic E-state index is 0.0267. The molecule has 0 bridgehead atoms. The molecule has 2 aromatic rings. The average Bonchev–Trinajstić information content (AvgIpc) is 2.64. The third kappa shape index (κ3) is 7.27. The van der Waals surface area contributed by atoms with E-state index in [9.17, 15) is 9.59 Å². The summed E-state index contributed by atoms with van der Waals surface area (Å²) in [6, 6.07) is 11.9. The summed E-state index contributed by atoms with van der Waals surface area (Å²) in [5, 5.41) is 10.9. The van der Waals surface area contributed by atoms with Crippen molar-refractivity contribution in [3.63, 3.8) is 0 Å². The highest BCUT2D eigenvalue weighted by molar-refractivity contribution is 5.89. The zero-order valence-corrected chi connectivity index (χ0v) is 18.0. The number of nitrogens with zero attached hydrogens (tertiary/aromatic N) is 3. The molecule has 1 aromatic heterocycles. The first-order valence-corrected chi connectivity index (χ1v) is 9.79. The Labute approximate surface area is 176 Å². The number of amides is 1. The van der Waals surface area contributed by atoms with Crippen LogP contribution in [0.5, 0.6) is 0 Å². The van der Waals surface area contributed by atoms with Crippen molar-refractivity contribution in [2.75, 3.05) is 5.73 Å². The van der Waals surface area contributed by atoms with Gasteiger partial charge in [-0.3, -0.25) is 4.79 Å². The van der Waals surface area contributed by atoms with Crippen LogP contribution in [0, 0.1) is 5.92 Å². The van der Waals surface area contributed by atoms with E-state index < -0.39 is 17.7 Å². The monoisotopic (exact) mass is 411 g/mol. The molecule has 0 unspecified atom stereocenters. The second kappa shape index (κ2) is 9.96. The molecule has 1 amide bonds. The second-order valence-corrected chi connectivity index (χ2v) is 8.25. The topological polar surface area (TPSA) is 119 Å². The van der Waals surface area contributed by atoms with Crippen LogP contribution in [0.25, 0.3) is 0 Å². The minimum atomic E-state index is -0.694. The van der Waals surface area contributed by atoms with E-state index in [2.05, 4.69) is 20.5 Å². The fourth-order valence-electron chi connectivity index (χ4n) is 2.64. The van der Waals surface area contributed by atoms with Gasteiger partial charge in [-0.2, -0.15) is 5.11 Å². The highest BCUT2D eigenvalue weighted by atomic mass is 16.6. The van der Waals surface area contributed by atoms with Gasteiger partial charge in [-0.1, -0.05) is 32.0 Å². The van der Waals surface area contributed by atoms with Gasteiger partial charge in [0, 0.05) is 0 Å². The number of nitrogens with one attached hydrogen (secondary N) is 1. The van der Waals surface area contributed by atoms with Crippen molar-refractivity contribution >= 4 is 29.1 Å². The molecule has 0 aliphatic carbocycles. The first-order valence-electron chi connectivity index (χ1n) is 9.79. The Kier molecular flexibility index (Phi) is 7.63. The van der Waals surface area contributed by atoms with Crippen molar-refractivity contribution in [2.45, 2.75) is 52.7 Å². The van der Waals surface area contributed by atoms with Crippen molar-refractivity contribution < 1.29 is 14.3 Å². The number of ether oxygens (including phenoxy) is 1. The lowest BCUT2D eigenvalue weighted by Gasteiger charge is -2.25. The van der Waals surface area contributed by atoms with Gasteiger partial charge in [-0.15, -0.1) is 5.11 Å². The van der Waals surface area contributed by atoms with E-state index in [1.54, 1.807) is 32.9 Å². The van der Waals surface area contributed by atoms with Crippen LogP contribution in [0.2, 0.25) is 0 Å². The average molecular weight is 412 g/mol. The number of ketones is 1. The quantitative estimate of drug-likeness (QED) is 0.638. The van der Waals surface area contributed by atoms with Crippen LogP contribution in [0.3, 0.4) is 0 Å². The smallest absolute Gasteiger partial charge is 0.408 e. The normalized spacial score (nSPS) is 12.7. The van der Waals surface area contributed by atoms with Gasteiger partial charge in [0.2, 0.25) is 0 Å². The van der Waals surface area contributed by atoms with Crippen molar-refractivity contribution in [1.82, 2.24) is 10.3 Å². The van der Waals surface area contributed by atoms with E-state index in [-0.39, 0.29) is 23.9 Å². The molecule has 160 valence electrons. The van der Waals surface area contributed by atoms with Crippen LogP contribution in [0.4, 0.5) is 22.0 Å². The summed E-state index contributed by atoms with van der Waals surface area (Å²) < 4.78 is 5.26. The molecule has 1 heterocycles. The van der Waals surface area contributed by atoms with Crippen LogP contribution in [0.15, 0.2) is 52.7 Å². The highest BCUT2D eigenvalue weighted by Gasteiger charge is 2.27. The third-order valence-electron chi connectivity index (χ3n) is 4.03. The zero-order chi connectivity index (χ0) is 22.3. The highest BCUT2D eigenvalue weighted by Crippen LogP contribution is 2.23. The van der Waals surface area contributed by atoms with Gasteiger partial charge in [0.15, 0.2) is 11.6 Å². The van der Waals surface area contributed by atoms with Crippen LogP contribution >= 0.6 is 0 Å². The Bertz CT molecular complexity index is 905. The van der Waals surface area contributed by atoms with Gasteiger partial charge < -0.3 is 15.8 Å². The SMILES string of the molecule is CC(C)[C@H](NC(=O)OC(C)(C)C)C(=O)Cc1ccc(N=Nc2ccccc2)c(N)n1. The number of nitrogens with two attached hydrogens (primary N) is 1. The Morgan fingerprint density at radius 3 is 2.33 bits per heavy atom. The first-order chi connectivity index (χ1) is 14.0. The Morgan fingerprint density at radius 1 is 1.10 bits per heavy atom. The number of carbonyl (C=O) groups is 2. The number of azo groups is 1. The van der Waals surface area contributed by atoms with Gasteiger partial charge in [-0.25, -0.2) is 9.78 Å². The molecular formula is C22H29N5O3. The van der Waals surface area contributed by atoms with Crippen molar-refractivity contribution in [3.05, 3.63) is 48.2 Å². The van der Waals surface area contributed by atoms with Crippen LogP contribution in [-0.2, 0) is 16.0 Å². The van der Waals surface area contributed by atoms with E-state index >= 15 is 0 Å². The van der Waals surface area contributed by atoms with Crippen LogP contribution < -0.4 is 11.1 Å². The summed E-state index contributed by atoms with van der Waals surface area (Å²) in [5.41, 5.74) is 6.95. The Morgan fingerprint density at radius 2 is 1.77 bits per heavy atom. The molecule has 0 spiro atoms. The number of hydrogen-bond donors (Lipinski definition) is 2.